The summed E-state index contributed by atoms with van der Waals surface area (Å²) in [6.07, 6.45) is 5.54. The van der Waals surface area contributed by atoms with Crippen LogP contribution in [0.1, 0.15) is 34.7 Å². The van der Waals surface area contributed by atoms with E-state index in [-0.39, 0.29) is 22.5 Å². The number of rotatable bonds is 3. The molecule has 3 rings (SSSR count). The lowest BCUT2D eigenvalue weighted by atomic mass is 9.92. The van der Waals surface area contributed by atoms with E-state index in [4.69, 9.17) is 11.6 Å². The van der Waals surface area contributed by atoms with Gasteiger partial charge in [-0.05, 0) is 30.5 Å². The second kappa shape index (κ2) is 6.37. The van der Waals surface area contributed by atoms with Crippen LogP contribution in [0.5, 0.6) is 0 Å². The molecule has 0 bridgehead atoms. The molecule has 0 saturated carbocycles. The quantitative estimate of drug-likeness (QED) is 0.689. The van der Waals surface area contributed by atoms with Gasteiger partial charge in [0.05, 0.1) is 11.1 Å². The molecule has 2 heterocycles. The number of carbonyl (C=O) groups excluding carboxylic acids is 1. The van der Waals surface area contributed by atoms with Crippen LogP contribution in [-0.2, 0) is 0 Å². The van der Waals surface area contributed by atoms with Crippen molar-refractivity contribution in [3.63, 3.8) is 0 Å². The maximum Gasteiger partial charge on any atom is 0.287 e. The molecular formula is C15H15ClN4O3. The molecule has 0 radical (unpaired) electrons. The van der Waals surface area contributed by atoms with Crippen molar-refractivity contribution < 1.29 is 9.72 Å². The standard InChI is InChI=1S/C15H15ClN4O3/c16-13-6-10(3-4-14(13)20(22)23)15(21)19-5-1-2-11(9-19)12-7-17-18-8-12/h3-4,6-8,11H,1-2,5,9H2,(H,17,18)/t11-/m1/s1. The lowest BCUT2D eigenvalue weighted by molar-refractivity contribution is -0.384. The molecule has 1 fully saturated rings. The van der Waals surface area contributed by atoms with Crippen molar-refractivity contribution in [2.45, 2.75) is 18.8 Å². The summed E-state index contributed by atoms with van der Waals surface area (Å²) in [6, 6.07) is 4.09. The van der Waals surface area contributed by atoms with E-state index in [2.05, 4.69) is 10.2 Å². The Morgan fingerprint density at radius 1 is 1.48 bits per heavy atom. The second-order valence-electron chi connectivity index (χ2n) is 5.55. The fourth-order valence-electron chi connectivity index (χ4n) is 2.89. The number of nitrogens with zero attached hydrogens (tertiary/aromatic N) is 3. The van der Waals surface area contributed by atoms with E-state index in [1.165, 1.54) is 18.2 Å². The van der Waals surface area contributed by atoms with Gasteiger partial charge in [0.1, 0.15) is 5.02 Å². The Morgan fingerprint density at radius 3 is 2.96 bits per heavy atom. The number of hydrogen-bond acceptors (Lipinski definition) is 4. The summed E-state index contributed by atoms with van der Waals surface area (Å²) in [5.74, 6) is 0.0926. The predicted octanol–water partition coefficient (Wildman–Crippen LogP) is 2.99. The van der Waals surface area contributed by atoms with Crippen LogP contribution in [0.25, 0.3) is 0 Å². The van der Waals surface area contributed by atoms with Gasteiger partial charge in [-0.1, -0.05) is 11.6 Å². The topological polar surface area (TPSA) is 92.1 Å². The van der Waals surface area contributed by atoms with Crippen LogP contribution in [0.4, 0.5) is 5.69 Å². The molecule has 1 amide bonds. The fourth-order valence-corrected chi connectivity index (χ4v) is 3.14. The van der Waals surface area contributed by atoms with Crippen LogP contribution in [0.15, 0.2) is 30.6 Å². The molecule has 1 N–H and O–H groups in total. The number of H-pyrrole nitrogens is 1. The SMILES string of the molecule is O=C(c1ccc([N+](=O)[O-])c(Cl)c1)N1CCC[C@@H](c2cn[nH]c2)C1. The number of carbonyl (C=O) groups is 1. The van der Waals surface area contributed by atoms with Gasteiger partial charge in [0.15, 0.2) is 0 Å². The van der Waals surface area contributed by atoms with Crippen molar-refractivity contribution in [1.29, 1.82) is 0 Å². The van der Waals surface area contributed by atoms with Crippen LogP contribution in [0.2, 0.25) is 5.02 Å². The summed E-state index contributed by atoms with van der Waals surface area (Å²) in [5.41, 5.74) is 1.26. The molecule has 0 unspecified atom stereocenters. The van der Waals surface area contributed by atoms with E-state index in [0.29, 0.717) is 18.7 Å². The Bertz CT molecular complexity index is 732. The van der Waals surface area contributed by atoms with E-state index in [9.17, 15) is 14.9 Å². The van der Waals surface area contributed by atoms with Gasteiger partial charge in [-0.3, -0.25) is 20.0 Å². The molecule has 1 atom stereocenters. The number of amides is 1. The van der Waals surface area contributed by atoms with Gasteiger partial charge < -0.3 is 4.90 Å². The minimum Gasteiger partial charge on any atom is -0.338 e. The van der Waals surface area contributed by atoms with Gasteiger partial charge in [0.25, 0.3) is 11.6 Å². The highest BCUT2D eigenvalue weighted by molar-refractivity contribution is 6.33. The number of hydrogen-bond donors (Lipinski definition) is 1. The molecule has 120 valence electrons. The summed E-state index contributed by atoms with van der Waals surface area (Å²) in [4.78, 5) is 24.6. The molecule has 1 aromatic heterocycles. The summed E-state index contributed by atoms with van der Waals surface area (Å²) in [6.45, 7) is 1.27. The minimum atomic E-state index is -0.563. The third kappa shape index (κ3) is 3.19. The maximum absolute atomic E-state index is 12.6. The number of piperidine rings is 1. The number of nitro groups is 1. The lowest BCUT2D eigenvalue weighted by Crippen LogP contribution is -2.39. The van der Waals surface area contributed by atoms with Crippen LogP contribution < -0.4 is 0 Å². The summed E-state index contributed by atoms with van der Waals surface area (Å²) < 4.78 is 0. The monoisotopic (exact) mass is 334 g/mol. The smallest absolute Gasteiger partial charge is 0.287 e. The first-order valence-electron chi connectivity index (χ1n) is 7.28. The molecule has 2 aromatic rings. The van der Waals surface area contributed by atoms with Crippen LogP contribution in [-0.4, -0.2) is 39.0 Å². The number of halogens is 1. The molecule has 23 heavy (non-hydrogen) atoms. The third-order valence-electron chi connectivity index (χ3n) is 4.09. The average Bonchev–Trinajstić information content (AvgIpc) is 3.08. The zero-order valence-electron chi connectivity index (χ0n) is 12.2. The van der Waals surface area contributed by atoms with Crippen molar-refractivity contribution in [2.75, 3.05) is 13.1 Å². The Kier molecular flexibility index (Phi) is 4.29. The second-order valence-corrected chi connectivity index (χ2v) is 5.95. The molecule has 8 heteroatoms. The van der Waals surface area contributed by atoms with Gasteiger partial charge in [0, 0.05) is 36.8 Å². The third-order valence-corrected chi connectivity index (χ3v) is 4.39. The van der Waals surface area contributed by atoms with Gasteiger partial charge in [-0.15, -0.1) is 0 Å². The van der Waals surface area contributed by atoms with E-state index >= 15 is 0 Å². The number of benzene rings is 1. The van der Waals surface area contributed by atoms with Crippen molar-refractivity contribution in [3.8, 4) is 0 Å². The molecule has 0 spiro atoms. The zero-order valence-corrected chi connectivity index (χ0v) is 13.0. The molecule has 1 aromatic carbocycles. The Balaban J connectivity index is 1.77. The summed E-state index contributed by atoms with van der Waals surface area (Å²) in [7, 11) is 0. The fraction of sp³-hybridized carbons (Fsp3) is 0.333. The van der Waals surface area contributed by atoms with E-state index < -0.39 is 4.92 Å². The molecule has 7 nitrogen and oxygen atoms in total. The first kappa shape index (κ1) is 15.5. The number of aromatic nitrogens is 2. The van der Waals surface area contributed by atoms with Crippen LogP contribution in [0.3, 0.4) is 0 Å². The Hall–Kier alpha value is -2.41. The highest BCUT2D eigenvalue weighted by atomic mass is 35.5. The minimum absolute atomic E-state index is 0.0238. The number of likely N-dealkylation sites (tertiary alicyclic amines) is 1. The first-order valence-corrected chi connectivity index (χ1v) is 7.66. The van der Waals surface area contributed by atoms with Gasteiger partial charge in [0.2, 0.25) is 0 Å². The molecule has 1 saturated heterocycles. The lowest BCUT2D eigenvalue weighted by Gasteiger charge is -2.32. The highest BCUT2D eigenvalue weighted by Gasteiger charge is 2.27. The summed E-state index contributed by atoms with van der Waals surface area (Å²) in [5, 5.41) is 17.5. The predicted molar refractivity (Wildman–Crippen MR) is 84.6 cm³/mol. The summed E-state index contributed by atoms with van der Waals surface area (Å²) >= 11 is 5.89. The van der Waals surface area contributed by atoms with Gasteiger partial charge in [-0.2, -0.15) is 5.10 Å². The van der Waals surface area contributed by atoms with Crippen LogP contribution >= 0.6 is 11.6 Å². The Labute approximate surface area is 137 Å². The normalized spacial score (nSPS) is 18.0. The van der Waals surface area contributed by atoms with E-state index in [1.54, 1.807) is 11.1 Å². The number of aromatic amines is 1. The number of nitrogens with one attached hydrogen (secondary N) is 1. The Morgan fingerprint density at radius 2 is 2.30 bits per heavy atom. The van der Waals surface area contributed by atoms with Crippen molar-refractivity contribution in [3.05, 3.63) is 56.9 Å². The van der Waals surface area contributed by atoms with Gasteiger partial charge in [-0.25, -0.2) is 0 Å². The largest absolute Gasteiger partial charge is 0.338 e. The van der Waals surface area contributed by atoms with Gasteiger partial charge >= 0.3 is 0 Å². The molecule has 0 aliphatic carbocycles. The maximum atomic E-state index is 12.6. The first-order chi connectivity index (χ1) is 11.1. The molecular weight excluding hydrogens is 320 g/mol. The van der Waals surface area contributed by atoms with Crippen molar-refractivity contribution >= 4 is 23.2 Å². The molecule has 1 aliphatic rings. The average molecular weight is 335 g/mol. The highest BCUT2D eigenvalue weighted by Crippen LogP contribution is 2.29. The van der Waals surface area contributed by atoms with Crippen molar-refractivity contribution in [1.82, 2.24) is 15.1 Å². The number of nitro benzene ring substituents is 1. The van der Waals surface area contributed by atoms with Crippen LogP contribution in [0, 0.1) is 10.1 Å². The van der Waals surface area contributed by atoms with Crippen molar-refractivity contribution in [2.24, 2.45) is 0 Å². The van der Waals surface area contributed by atoms with E-state index in [0.717, 1.165) is 18.4 Å². The zero-order chi connectivity index (χ0) is 16.4. The van der Waals surface area contributed by atoms with E-state index in [1.807, 2.05) is 6.20 Å². The molecule has 1 aliphatic heterocycles.